The van der Waals surface area contributed by atoms with Gasteiger partial charge < -0.3 is 5.32 Å². The SMILES string of the molecule is O=C(Nc1ccc(Br)cc1)C1CCC(N2C(=O)[C@@H]3[C@@H]4CC[C@@H](C4)[C@@H]3C2=O)CC1. The predicted molar refractivity (Wildman–Crippen MR) is 108 cm³/mol. The zero-order chi connectivity index (χ0) is 19.4. The van der Waals surface area contributed by atoms with Gasteiger partial charge >= 0.3 is 0 Å². The van der Waals surface area contributed by atoms with E-state index in [2.05, 4.69) is 21.2 Å². The summed E-state index contributed by atoms with van der Waals surface area (Å²) in [5.74, 6) is 0.955. The number of hydrogen-bond acceptors (Lipinski definition) is 3. The summed E-state index contributed by atoms with van der Waals surface area (Å²) >= 11 is 3.39. The summed E-state index contributed by atoms with van der Waals surface area (Å²) in [7, 11) is 0. The molecule has 4 atom stereocenters. The van der Waals surface area contributed by atoms with Crippen molar-refractivity contribution in [3.8, 4) is 0 Å². The number of nitrogens with one attached hydrogen (secondary N) is 1. The van der Waals surface area contributed by atoms with Gasteiger partial charge in [0.05, 0.1) is 11.8 Å². The first-order chi connectivity index (χ1) is 13.5. The number of benzene rings is 1. The minimum Gasteiger partial charge on any atom is -0.326 e. The lowest BCUT2D eigenvalue weighted by molar-refractivity contribution is -0.144. The second kappa shape index (κ2) is 6.97. The van der Waals surface area contributed by atoms with E-state index in [0.29, 0.717) is 11.8 Å². The minimum absolute atomic E-state index is 0.0123. The Labute approximate surface area is 173 Å². The molecule has 1 aromatic carbocycles. The molecule has 148 valence electrons. The number of halogens is 1. The highest BCUT2D eigenvalue weighted by Crippen LogP contribution is 2.56. The normalized spacial score (nSPS) is 36.7. The predicted octanol–water partition coefficient (Wildman–Crippen LogP) is 3.98. The molecule has 4 fully saturated rings. The third-order valence-corrected chi connectivity index (χ3v) is 8.03. The molecule has 2 bridgehead atoms. The van der Waals surface area contributed by atoms with Crippen LogP contribution >= 0.6 is 15.9 Å². The van der Waals surface area contributed by atoms with Crippen molar-refractivity contribution in [1.29, 1.82) is 0 Å². The fourth-order valence-corrected chi connectivity index (χ4v) is 6.43. The van der Waals surface area contributed by atoms with Gasteiger partial charge in [-0.25, -0.2) is 0 Å². The van der Waals surface area contributed by atoms with Crippen molar-refractivity contribution < 1.29 is 14.4 Å². The van der Waals surface area contributed by atoms with Gasteiger partial charge in [-0.05, 0) is 81.0 Å². The highest BCUT2D eigenvalue weighted by molar-refractivity contribution is 9.10. The molecule has 0 aromatic heterocycles. The Balaban J connectivity index is 1.20. The Morgan fingerprint density at radius 3 is 2.04 bits per heavy atom. The molecule has 1 heterocycles. The third-order valence-electron chi connectivity index (χ3n) is 7.51. The van der Waals surface area contributed by atoms with Crippen LogP contribution in [0.3, 0.4) is 0 Å². The van der Waals surface area contributed by atoms with Gasteiger partial charge in [0.15, 0.2) is 0 Å². The lowest BCUT2D eigenvalue weighted by Gasteiger charge is -2.33. The lowest BCUT2D eigenvalue weighted by Crippen LogP contribution is -2.44. The smallest absolute Gasteiger partial charge is 0.233 e. The van der Waals surface area contributed by atoms with Crippen LogP contribution in [-0.4, -0.2) is 28.7 Å². The maximum Gasteiger partial charge on any atom is 0.233 e. The van der Waals surface area contributed by atoms with Crippen molar-refractivity contribution in [2.45, 2.75) is 51.0 Å². The number of likely N-dealkylation sites (tertiary alicyclic amines) is 1. The number of amides is 3. The molecule has 6 heteroatoms. The van der Waals surface area contributed by atoms with Crippen LogP contribution in [0, 0.1) is 29.6 Å². The van der Waals surface area contributed by atoms with Crippen LogP contribution in [0.15, 0.2) is 28.7 Å². The maximum absolute atomic E-state index is 13.0. The molecule has 0 spiro atoms. The van der Waals surface area contributed by atoms with Crippen molar-refractivity contribution in [2.24, 2.45) is 29.6 Å². The van der Waals surface area contributed by atoms with Gasteiger partial charge in [0.1, 0.15) is 0 Å². The number of imide groups is 1. The van der Waals surface area contributed by atoms with Crippen LogP contribution in [0.1, 0.15) is 44.9 Å². The molecule has 0 radical (unpaired) electrons. The van der Waals surface area contributed by atoms with E-state index in [9.17, 15) is 14.4 Å². The molecule has 5 rings (SSSR count). The number of nitrogens with zero attached hydrogens (tertiary/aromatic N) is 1. The molecular weight excluding hydrogens is 420 g/mol. The number of carbonyl (C=O) groups excluding carboxylic acids is 3. The molecule has 1 N–H and O–H groups in total. The minimum atomic E-state index is -0.0524. The summed E-state index contributed by atoms with van der Waals surface area (Å²) in [5.41, 5.74) is 0.795. The van der Waals surface area contributed by atoms with E-state index in [1.807, 2.05) is 24.3 Å². The number of fused-ring (bicyclic) bond motifs is 5. The Kier molecular flexibility index (Phi) is 4.57. The zero-order valence-electron chi connectivity index (χ0n) is 15.8. The van der Waals surface area contributed by atoms with E-state index in [-0.39, 0.29) is 41.5 Å². The number of rotatable bonds is 3. The van der Waals surface area contributed by atoms with Crippen molar-refractivity contribution in [3.63, 3.8) is 0 Å². The Morgan fingerprint density at radius 2 is 1.46 bits per heavy atom. The van der Waals surface area contributed by atoms with E-state index in [4.69, 9.17) is 0 Å². The van der Waals surface area contributed by atoms with Crippen LogP contribution in [-0.2, 0) is 14.4 Å². The number of hydrogen-bond donors (Lipinski definition) is 1. The zero-order valence-corrected chi connectivity index (χ0v) is 17.4. The quantitative estimate of drug-likeness (QED) is 0.716. The molecule has 3 amide bonds. The van der Waals surface area contributed by atoms with Crippen LogP contribution in [0.5, 0.6) is 0 Å². The maximum atomic E-state index is 13.0. The van der Waals surface area contributed by atoms with Crippen molar-refractivity contribution in [2.75, 3.05) is 5.32 Å². The van der Waals surface area contributed by atoms with E-state index in [1.54, 1.807) is 4.90 Å². The average molecular weight is 445 g/mol. The van der Waals surface area contributed by atoms with Crippen molar-refractivity contribution >= 4 is 39.3 Å². The third kappa shape index (κ3) is 2.92. The molecule has 5 nitrogen and oxygen atoms in total. The van der Waals surface area contributed by atoms with Gasteiger partial charge in [-0.3, -0.25) is 19.3 Å². The molecule has 3 aliphatic carbocycles. The van der Waals surface area contributed by atoms with Crippen LogP contribution in [0.25, 0.3) is 0 Å². The molecule has 1 aliphatic heterocycles. The Hall–Kier alpha value is -1.69. The lowest BCUT2D eigenvalue weighted by atomic mass is 9.81. The highest BCUT2D eigenvalue weighted by atomic mass is 79.9. The van der Waals surface area contributed by atoms with Crippen molar-refractivity contribution in [1.82, 2.24) is 4.90 Å². The summed E-state index contributed by atoms with van der Waals surface area (Å²) in [5, 5.41) is 2.99. The van der Waals surface area contributed by atoms with E-state index < -0.39 is 0 Å². The van der Waals surface area contributed by atoms with Gasteiger partial charge in [0.25, 0.3) is 0 Å². The molecule has 1 saturated heterocycles. The average Bonchev–Trinajstić information content (AvgIpc) is 3.38. The molecule has 1 aromatic rings. The standard InChI is InChI=1S/C22H25BrN2O3/c23-15-5-7-16(8-6-15)24-20(26)12-3-9-17(10-4-12)25-21(27)18-13-1-2-14(11-13)19(18)22(25)28/h5-8,12-14,17-19H,1-4,9-11H2,(H,24,26)/t12?,13-,14+,17?,18-,19+. The Bertz CT molecular complexity index is 788. The fraction of sp³-hybridized carbons (Fsp3) is 0.591. The van der Waals surface area contributed by atoms with Crippen LogP contribution in [0.2, 0.25) is 0 Å². The molecule has 4 aliphatic rings. The molecule has 28 heavy (non-hydrogen) atoms. The van der Waals surface area contributed by atoms with Gasteiger partial charge in [-0.15, -0.1) is 0 Å². The van der Waals surface area contributed by atoms with Crippen LogP contribution < -0.4 is 5.32 Å². The summed E-state index contributed by atoms with van der Waals surface area (Å²) in [6.45, 7) is 0. The molecular formula is C22H25BrN2O3. The molecule has 3 saturated carbocycles. The van der Waals surface area contributed by atoms with Crippen LogP contribution in [0.4, 0.5) is 5.69 Å². The summed E-state index contributed by atoms with van der Waals surface area (Å²) in [6.07, 6.45) is 6.24. The summed E-state index contributed by atoms with van der Waals surface area (Å²) in [4.78, 5) is 40.2. The fourth-order valence-electron chi connectivity index (χ4n) is 6.17. The van der Waals surface area contributed by atoms with Gasteiger partial charge in [0, 0.05) is 22.1 Å². The first-order valence-electron chi connectivity index (χ1n) is 10.5. The van der Waals surface area contributed by atoms with E-state index >= 15 is 0 Å². The summed E-state index contributed by atoms with van der Waals surface area (Å²) in [6, 6.07) is 7.55. The summed E-state index contributed by atoms with van der Waals surface area (Å²) < 4.78 is 0.976. The van der Waals surface area contributed by atoms with E-state index in [0.717, 1.165) is 55.1 Å². The van der Waals surface area contributed by atoms with Gasteiger partial charge in [-0.1, -0.05) is 15.9 Å². The number of anilines is 1. The molecule has 0 unspecified atom stereocenters. The number of carbonyl (C=O) groups is 3. The van der Waals surface area contributed by atoms with Gasteiger partial charge in [0.2, 0.25) is 17.7 Å². The Morgan fingerprint density at radius 1 is 0.893 bits per heavy atom. The highest BCUT2D eigenvalue weighted by Gasteiger charge is 2.61. The topological polar surface area (TPSA) is 66.5 Å². The van der Waals surface area contributed by atoms with Crippen molar-refractivity contribution in [3.05, 3.63) is 28.7 Å². The largest absolute Gasteiger partial charge is 0.326 e. The second-order valence-electron chi connectivity index (χ2n) is 8.93. The first-order valence-corrected chi connectivity index (χ1v) is 11.3. The monoisotopic (exact) mass is 444 g/mol. The van der Waals surface area contributed by atoms with E-state index in [1.165, 1.54) is 0 Å². The first kappa shape index (κ1) is 18.3. The van der Waals surface area contributed by atoms with Gasteiger partial charge in [-0.2, -0.15) is 0 Å². The second-order valence-corrected chi connectivity index (χ2v) is 9.85.